The highest BCUT2D eigenvalue weighted by molar-refractivity contribution is 7.99. The lowest BCUT2D eigenvalue weighted by Gasteiger charge is -2.19. The first-order valence-electron chi connectivity index (χ1n) is 7.80. The number of nitrogens with one attached hydrogen (secondary N) is 1. The molecule has 0 aliphatic carbocycles. The van der Waals surface area contributed by atoms with Crippen LogP contribution in [0.15, 0.2) is 53.7 Å². The Balaban J connectivity index is 2.07. The van der Waals surface area contributed by atoms with E-state index in [9.17, 15) is 4.79 Å². The Morgan fingerprint density at radius 3 is 2.65 bits per heavy atom. The fraction of sp³-hybridized carbons (Fsp3) is 0.333. The number of aliphatic hydroxyl groups is 1. The fourth-order valence-corrected chi connectivity index (χ4v) is 2.88. The molecule has 1 heterocycles. The van der Waals surface area contributed by atoms with Gasteiger partial charge in [0, 0.05) is 12.8 Å². The summed E-state index contributed by atoms with van der Waals surface area (Å²) in [5.74, 6) is 0.813. The quantitative estimate of drug-likeness (QED) is 0.728. The number of carbonyl (C=O) groups excluding carboxylic acids is 1. The van der Waals surface area contributed by atoms with Crippen LogP contribution < -0.4 is 5.32 Å². The van der Waals surface area contributed by atoms with E-state index in [2.05, 4.69) is 17.2 Å². The van der Waals surface area contributed by atoms with E-state index in [1.54, 1.807) is 24.0 Å². The Kier molecular flexibility index (Phi) is 7.10. The third-order valence-corrected chi connectivity index (χ3v) is 4.27. The minimum atomic E-state index is -0.141. The van der Waals surface area contributed by atoms with Gasteiger partial charge in [-0.1, -0.05) is 37.3 Å². The molecule has 1 unspecified atom stereocenters. The molecule has 2 rings (SSSR count). The highest BCUT2D eigenvalue weighted by Crippen LogP contribution is 2.19. The number of amides is 1. The lowest BCUT2D eigenvalue weighted by Crippen LogP contribution is -2.28. The summed E-state index contributed by atoms with van der Waals surface area (Å²) in [6.07, 6.45) is 2.95. The summed E-state index contributed by atoms with van der Waals surface area (Å²) in [5.41, 5.74) is 1.59. The van der Waals surface area contributed by atoms with Crippen LogP contribution in [0.5, 0.6) is 0 Å². The lowest BCUT2D eigenvalue weighted by atomic mass is 10.0. The number of rotatable bonds is 8. The topological polar surface area (TPSA) is 62.2 Å². The second-order valence-electron chi connectivity index (χ2n) is 5.12. The van der Waals surface area contributed by atoms with Crippen LogP contribution in [0, 0.1) is 0 Å². The van der Waals surface area contributed by atoms with Crippen molar-refractivity contribution in [2.75, 3.05) is 12.4 Å². The summed E-state index contributed by atoms with van der Waals surface area (Å²) in [7, 11) is 0. The first-order valence-corrected chi connectivity index (χ1v) is 8.78. The van der Waals surface area contributed by atoms with Crippen molar-refractivity contribution in [3.63, 3.8) is 0 Å². The number of pyridine rings is 1. The van der Waals surface area contributed by atoms with Crippen molar-refractivity contribution in [3.8, 4) is 0 Å². The van der Waals surface area contributed by atoms with Gasteiger partial charge in [0.05, 0.1) is 16.6 Å². The number of nitrogens with zero attached hydrogens (tertiary/aromatic N) is 1. The largest absolute Gasteiger partial charge is 0.396 e. The molecule has 0 saturated carbocycles. The molecule has 0 bridgehead atoms. The Hall–Kier alpha value is -1.85. The number of hydrogen-bond acceptors (Lipinski definition) is 4. The van der Waals surface area contributed by atoms with Crippen molar-refractivity contribution in [3.05, 3.63) is 59.8 Å². The summed E-state index contributed by atoms with van der Waals surface area (Å²) in [6.45, 7) is 2.18. The van der Waals surface area contributed by atoms with Crippen LogP contribution >= 0.6 is 11.8 Å². The van der Waals surface area contributed by atoms with Gasteiger partial charge in [0.2, 0.25) is 0 Å². The zero-order valence-corrected chi connectivity index (χ0v) is 14.1. The first-order chi connectivity index (χ1) is 11.2. The molecule has 1 amide bonds. The van der Waals surface area contributed by atoms with Gasteiger partial charge < -0.3 is 10.4 Å². The summed E-state index contributed by atoms with van der Waals surface area (Å²) in [5, 5.41) is 13.0. The number of aliphatic hydroxyl groups excluding tert-OH is 1. The number of benzene rings is 1. The Bertz CT molecular complexity index is 602. The van der Waals surface area contributed by atoms with E-state index in [0.29, 0.717) is 18.4 Å². The molecule has 4 nitrogen and oxygen atoms in total. The van der Waals surface area contributed by atoms with Crippen molar-refractivity contribution in [1.82, 2.24) is 10.3 Å². The van der Waals surface area contributed by atoms with Gasteiger partial charge in [-0.15, -0.1) is 11.8 Å². The maximum atomic E-state index is 12.4. The van der Waals surface area contributed by atoms with E-state index in [4.69, 9.17) is 5.11 Å². The maximum Gasteiger partial charge on any atom is 0.253 e. The van der Waals surface area contributed by atoms with Crippen molar-refractivity contribution < 1.29 is 9.90 Å². The van der Waals surface area contributed by atoms with Crippen molar-refractivity contribution >= 4 is 17.7 Å². The Morgan fingerprint density at radius 2 is 2.04 bits per heavy atom. The molecule has 1 atom stereocenters. The van der Waals surface area contributed by atoms with Gasteiger partial charge in [0.15, 0.2) is 0 Å². The highest BCUT2D eigenvalue weighted by Gasteiger charge is 2.15. The SMILES string of the molecule is CCSc1ccc(C(=O)NC(CCCO)c2ccccc2)cn1. The highest BCUT2D eigenvalue weighted by atomic mass is 32.2. The van der Waals surface area contributed by atoms with E-state index in [1.165, 1.54) is 0 Å². The van der Waals surface area contributed by atoms with E-state index in [0.717, 1.165) is 16.3 Å². The van der Waals surface area contributed by atoms with Crippen LogP contribution in [-0.4, -0.2) is 28.4 Å². The van der Waals surface area contributed by atoms with E-state index >= 15 is 0 Å². The second-order valence-corrected chi connectivity index (χ2v) is 6.40. The smallest absolute Gasteiger partial charge is 0.253 e. The first kappa shape index (κ1) is 17.5. The van der Waals surface area contributed by atoms with Crippen LogP contribution in [0.3, 0.4) is 0 Å². The van der Waals surface area contributed by atoms with Crippen molar-refractivity contribution in [2.45, 2.75) is 30.8 Å². The maximum absolute atomic E-state index is 12.4. The van der Waals surface area contributed by atoms with Crippen molar-refractivity contribution in [2.24, 2.45) is 0 Å². The van der Waals surface area contributed by atoms with E-state index in [-0.39, 0.29) is 18.6 Å². The van der Waals surface area contributed by atoms with Gasteiger partial charge in [0.25, 0.3) is 5.91 Å². The molecule has 2 N–H and O–H groups in total. The Morgan fingerprint density at radius 1 is 1.26 bits per heavy atom. The third kappa shape index (κ3) is 5.37. The molecule has 0 aliphatic rings. The zero-order valence-electron chi connectivity index (χ0n) is 13.2. The van der Waals surface area contributed by atoms with Crippen LogP contribution in [0.2, 0.25) is 0 Å². The summed E-state index contributed by atoms with van der Waals surface area (Å²) < 4.78 is 0. The molecule has 1 aromatic carbocycles. The number of carbonyl (C=O) groups is 1. The number of aromatic nitrogens is 1. The molecule has 0 aliphatic heterocycles. The molecule has 0 radical (unpaired) electrons. The monoisotopic (exact) mass is 330 g/mol. The van der Waals surface area contributed by atoms with Crippen LogP contribution in [0.4, 0.5) is 0 Å². The van der Waals surface area contributed by atoms with Gasteiger partial charge in [0.1, 0.15) is 0 Å². The average Bonchev–Trinajstić information content (AvgIpc) is 2.60. The van der Waals surface area contributed by atoms with Crippen LogP contribution in [0.1, 0.15) is 41.7 Å². The summed E-state index contributed by atoms with van der Waals surface area (Å²) in [4.78, 5) is 16.7. The average molecular weight is 330 g/mol. The third-order valence-electron chi connectivity index (χ3n) is 3.45. The number of thioether (sulfide) groups is 1. The molecular formula is C18H22N2O2S. The lowest BCUT2D eigenvalue weighted by molar-refractivity contribution is 0.0932. The van der Waals surface area contributed by atoms with Gasteiger partial charge >= 0.3 is 0 Å². The van der Waals surface area contributed by atoms with Gasteiger partial charge in [-0.3, -0.25) is 4.79 Å². The molecule has 0 fully saturated rings. The minimum Gasteiger partial charge on any atom is -0.396 e. The van der Waals surface area contributed by atoms with Gasteiger partial charge in [-0.25, -0.2) is 4.98 Å². The molecule has 23 heavy (non-hydrogen) atoms. The standard InChI is InChI=1S/C18H22N2O2S/c1-2-23-17-11-10-15(13-19-17)18(22)20-16(9-6-12-21)14-7-4-3-5-8-14/h3-5,7-8,10-11,13,16,21H,2,6,9,12H2,1H3,(H,20,22). The molecule has 122 valence electrons. The van der Waals surface area contributed by atoms with Gasteiger partial charge in [-0.2, -0.15) is 0 Å². The molecule has 0 saturated heterocycles. The predicted octanol–water partition coefficient (Wildman–Crippen LogP) is 3.44. The second kappa shape index (κ2) is 9.33. The minimum absolute atomic E-state index is 0.111. The molecule has 2 aromatic rings. The summed E-state index contributed by atoms with van der Waals surface area (Å²) >= 11 is 1.65. The fourth-order valence-electron chi connectivity index (χ4n) is 2.29. The molecule has 0 spiro atoms. The van der Waals surface area contributed by atoms with Crippen LogP contribution in [0.25, 0.3) is 0 Å². The molecular weight excluding hydrogens is 308 g/mol. The van der Waals surface area contributed by atoms with Gasteiger partial charge in [-0.05, 0) is 36.3 Å². The number of hydrogen-bond donors (Lipinski definition) is 2. The van der Waals surface area contributed by atoms with E-state index in [1.807, 2.05) is 36.4 Å². The predicted molar refractivity (Wildman–Crippen MR) is 93.6 cm³/mol. The normalized spacial score (nSPS) is 11.9. The van der Waals surface area contributed by atoms with Crippen LogP contribution in [-0.2, 0) is 0 Å². The van der Waals surface area contributed by atoms with E-state index < -0.39 is 0 Å². The molecule has 5 heteroatoms. The molecule has 1 aromatic heterocycles. The Labute approximate surface area is 141 Å². The van der Waals surface area contributed by atoms with Crippen molar-refractivity contribution in [1.29, 1.82) is 0 Å². The zero-order chi connectivity index (χ0) is 16.5. The summed E-state index contributed by atoms with van der Waals surface area (Å²) in [6, 6.07) is 13.4.